The van der Waals surface area contributed by atoms with Gasteiger partial charge in [-0.3, -0.25) is 0 Å². The first-order valence-electron chi connectivity index (χ1n) is 4.37. The summed E-state index contributed by atoms with van der Waals surface area (Å²) in [5, 5.41) is 0. The molecule has 0 aliphatic carbocycles. The fourth-order valence-corrected chi connectivity index (χ4v) is 2.02. The average molecular weight is 252 g/mol. The zero-order valence-electron chi connectivity index (χ0n) is 7.77. The Hall–Kier alpha value is -1.09. The van der Waals surface area contributed by atoms with E-state index >= 15 is 0 Å². The molecule has 1 aliphatic rings. The molecule has 2 rings (SSSR count). The Bertz CT molecular complexity index is 400. The number of rotatable bonds is 1. The number of hydrogen-bond donors (Lipinski definition) is 0. The van der Waals surface area contributed by atoms with E-state index in [2.05, 4.69) is 15.9 Å². The molecule has 0 aromatic heterocycles. The maximum atomic E-state index is 10.9. The van der Waals surface area contributed by atoms with Crippen LogP contribution in [0.5, 0.6) is 0 Å². The number of halogens is 1. The van der Waals surface area contributed by atoms with Gasteiger partial charge in [-0.25, -0.2) is 0 Å². The summed E-state index contributed by atoms with van der Waals surface area (Å²) in [4.78, 5) is 12.8. The Morgan fingerprint density at radius 2 is 2.29 bits per heavy atom. The minimum Gasteiger partial charge on any atom is -0.367 e. The van der Waals surface area contributed by atoms with E-state index < -0.39 is 0 Å². The van der Waals surface area contributed by atoms with Crippen molar-refractivity contribution in [2.75, 3.05) is 7.05 Å². The molecule has 0 amide bonds. The average Bonchev–Trinajstić information content (AvgIpc) is 2.18. The van der Waals surface area contributed by atoms with Crippen molar-refractivity contribution in [3.63, 3.8) is 0 Å². The lowest BCUT2D eigenvalue weighted by Crippen LogP contribution is -2.23. The van der Waals surface area contributed by atoms with E-state index in [0.29, 0.717) is 0 Å². The van der Waals surface area contributed by atoms with Gasteiger partial charge in [-0.05, 0) is 29.3 Å². The second-order valence-electron chi connectivity index (χ2n) is 3.34. The van der Waals surface area contributed by atoms with Crippen molar-refractivity contribution in [2.24, 2.45) is 0 Å². The molecule has 0 N–H and O–H groups in total. The van der Waals surface area contributed by atoms with Crippen LogP contribution in [0.15, 0.2) is 28.9 Å². The van der Waals surface area contributed by atoms with Crippen LogP contribution in [0.4, 0.5) is 0 Å². The Labute approximate surface area is 91.3 Å². The van der Waals surface area contributed by atoms with Crippen molar-refractivity contribution in [1.29, 1.82) is 0 Å². The molecular formula is C11H10BrNO. The lowest BCUT2D eigenvalue weighted by molar-refractivity contribution is -0.111. The third-order valence-corrected chi connectivity index (χ3v) is 2.92. The van der Waals surface area contributed by atoms with Crippen LogP contribution in [0.2, 0.25) is 0 Å². The predicted octanol–water partition coefficient (Wildman–Crippen LogP) is 2.61. The number of nitrogens with zero attached hydrogens (tertiary/aromatic N) is 1. The number of likely N-dealkylation sites (N-methyl/N-ethyl adjacent to an activating group) is 1. The van der Waals surface area contributed by atoms with Gasteiger partial charge in [0.25, 0.3) is 0 Å². The molecular weight excluding hydrogens is 242 g/mol. The molecule has 1 aromatic carbocycles. The number of fused-ring (bicyclic) bond motifs is 1. The molecule has 0 fully saturated rings. The molecule has 14 heavy (non-hydrogen) atoms. The van der Waals surface area contributed by atoms with Crippen molar-refractivity contribution in [3.05, 3.63) is 40.0 Å². The number of carbonyl (C=O) groups is 1. The van der Waals surface area contributed by atoms with Gasteiger partial charge in [0.2, 0.25) is 0 Å². The fourth-order valence-electron chi connectivity index (χ4n) is 1.64. The minimum absolute atomic E-state index is 0.150. The first-order valence-corrected chi connectivity index (χ1v) is 5.16. The van der Waals surface area contributed by atoms with E-state index in [1.807, 2.05) is 42.4 Å². The van der Waals surface area contributed by atoms with Gasteiger partial charge in [0.15, 0.2) is 0 Å². The molecule has 0 bridgehead atoms. The van der Waals surface area contributed by atoms with Crippen molar-refractivity contribution < 1.29 is 4.79 Å². The second kappa shape index (κ2) is 3.58. The predicted molar refractivity (Wildman–Crippen MR) is 59.7 cm³/mol. The largest absolute Gasteiger partial charge is 0.367 e. The van der Waals surface area contributed by atoms with Crippen molar-refractivity contribution in [2.45, 2.75) is 6.04 Å². The van der Waals surface area contributed by atoms with E-state index in [1.54, 1.807) is 0 Å². The normalized spacial score (nSPS) is 19.3. The summed E-state index contributed by atoms with van der Waals surface area (Å²) in [6, 6.07) is 5.82. The summed E-state index contributed by atoms with van der Waals surface area (Å²) in [5.74, 6) is 0. The second-order valence-corrected chi connectivity index (χ2v) is 4.25. The van der Waals surface area contributed by atoms with Crippen LogP contribution in [-0.4, -0.2) is 18.2 Å². The monoisotopic (exact) mass is 251 g/mol. The zero-order valence-corrected chi connectivity index (χ0v) is 9.36. The lowest BCUT2D eigenvalue weighted by atomic mass is 9.98. The van der Waals surface area contributed by atoms with E-state index in [1.165, 1.54) is 0 Å². The van der Waals surface area contributed by atoms with Crippen LogP contribution in [-0.2, 0) is 4.79 Å². The van der Waals surface area contributed by atoms with E-state index in [-0.39, 0.29) is 6.04 Å². The number of benzene rings is 1. The van der Waals surface area contributed by atoms with E-state index in [9.17, 15) is 4.79 Å². The Morgan fingerprint density at radius 1 is 1.50 bits per heavy atom. The molecule has 1 aromatic rings. The molecule has 1 aliphatic heterocycles. The molecule has 2 nitrogen and oxygen atoms in total. The van der Waals surface area contributed by atoms with Gasteiger partial charge in [0.05, 0.1) is 0 Å². The molecule has 1 atom stereocenters. The van der Waals surface area contributed by atoms with Crippen LogP contribution in [0.25, 0.3) is 6.08 Å². The highest BCUT2D eigenvalue weighted by Crippen LogP contribution is 2.29. The van der Waals surface area contributed by atoms with Gasteiger partial charge in [-0.1, -0.05) is 22.0 Å². The Morgan fingerprint density at radius 3 is 3.00 bits per heavy atom. The van der Waals surface area contributed by atoms with Crippen LogP contribution in [0, 0.1) is 0 Å². The van der Waals surface area contributed by atoms with Gasteiger partial charge in [-0.2, -0.15) is 0 Å². The summed E-state index contributed by atoms with van der Waals surface area (Å²) in [6.45, 7) is 0. The molecule has 3 heteroatoms. The highest BCUT2D eigenvalue weighted by atomic mass is 79.9. The molecule has 0 saturated carbocycles. The van der Waals surface area contributed by atoms with Gasteiger partial charge >= 0.3 is 0 Å². The third kappa shape index (κ3) is 1.48. The van der Waals surface area contributed by atoms with E-state index in [0.717, 1.165) is 21.9 Å². The molecule has 0 saturated heterocycles. The minimum atomic E-state index is -0.150. The SMILES string of the molecule is CN1C=Cc2cc(Br)ccc2C1C=O. The van der Waals surface area contributed by atoms with Crippen LogP contribution < -0.4 is 0 Å². The molecule has 1 unspecified atom stereocenters. The van der Waals surface area contributed by atoms with Gasteiger partial charge < -0.3 is 9.69 Å². The Balaban J connectivity index is 2.54. The lowest BCUT2D eigenvalue weighted by Gasteiger charge is -2.27. The maximum Gasteiger partial charge on any atom is 0.146 e. The molecule has 0 spiro atoms. The van der Waals surface area contributed by atoms with Gasteiger partial charge in [0.1, 0.15) is 12.3 Å². The van der Waals surface area contributed by atoms with Crippen molar-refractivity contribution in [1.82, 2.24) is 4.90 Å². The van der Waals surface area contributed by atoms with Crippen LogP contribution in [0.3, 0.4) is 0 Å². The summed E-state index contributed by atoms with van der Waals surface area (Å²) < 4.78 is 1.04. The standard InChI is InChI=1S/C11H10BrNO/c1-13-5-4-8-6-9(12)2-3-10(8)11(13)7-14/h2-7,11H,1H3. The molecule has 1 heterocycles. The molecule has 72 valence electrons. The first kappa shape index (κ1) is 9.46. The van der Waals surface area contributed by atoms with Gasteiger partial charge in [0, 0.05) is 17.7 Å². The topological polar surface area (TPSA) is 20.3 Å². The van der Waals surface area contributed by atoms with Crippen molar-refractivity contribution in [3.8, 4) is 0 Å². The number of aldehydes is 1. The van der Waals surface area contributed by atoms with Gasteiger partial charge in [-0.15, -0.1) is 0 Å². The summed E-state index contributed by atoms with van der Waals surface area (Å²) in [6.07, 6.45) is 4.91. The third-order valence-electron chi connectivity index (χ3n) is 2.42. The smallest absolute Gasteiger partial charge is 0.146 e. The highest BCUT2D eigenvalue weighted by molar-refractivity contribution is 9.10. The summed E-state index contributed by atoms with van der Waals surface area (Å²) in [7, 11) is 1.90. The summed E-state index contributed by atoms with van der Waals surface area (Å²) in [5.41, 5.74) is 2.17. The van der Waals surface area contributed by atoms with Crippen molar-refractivity contribution >= 4 is 28.3 Å². The first-order chi connectivity index (χ1) is 6.72. The number of hydrogen-bond acceptors (Lipinski definition) is 2. The van der Waals surface area contributed by atoms with Crippen LogP contribution >= 0.6 is 15.9 Å². The molecule has 0 radical (unpaired) electrons. The fraction of sp³-hybridized carbons (Fsp3) is 0.182. The summed E-state index contributed by atoms with van der Waals surface area (Å²) >= 11 is 3.41. The number of carbonyl (C=O) groups excluding carboxylic acids is 1. The highest BCUT2D eigenvalue weighted by Gasteiger charge is 2.19. The Kier molecular flexibility index (Phi) is 2.42. The van der Waals surface area contributed by atoms with Crippen LogP contribution in [0.1, 0.15) is 17.2 Å². The maximum absolute atomic E-state index is 10.9. The van der Waals surface area contributed by atoms with E-state index in [4.69, 9.17) is 0 Å². The quantitative estimate of drug-likeness (QED) is 0.716. The zero-order chi connectivity index (χ0) is 10.1.